The van der Waals surface area contributed by atoms with Crippen molar-refractivity contribution in [2.75, 3.05) is 31.1 Å². The molecule has 0 radical (unpaired) electrons. The van der Waals surface area contributed by atoms with Crippen molar-refractivity contribution in [1.29, 1.82) is 0 Å². The van der Waals surface area contributed by atoms with Crippen LogP contribution in [0.5, 0.6) is 5.88 Å². The molecule has 2 aromatic heterocycles. The summed E-state index contributed by atoms with van der Waals surface area (Å²) in [6, 6.07) is 1.87. The molecule has 1 amide bonds. The number of carbonyl (C=O) groups excluding carboxylic acids is 1. The molecule has 12 heteroatoms. The third kappa shape index (κ3) is 4.44. The molecule has 2 atom stereocenters. The predicted molar refractivity (Wildman–Crippen MR) is 105 cm³/mol. The summed E-state index contributed by atoms with van der Waals surface area (Å²) in [5.74, 6) is -4.63. The molecule has 2 bridgehead atoms. The van der Waals surface area contributed by atoms with Gasteiger partial charge in [0.05, 0.1) is 0 Å². The van der Waals surface area contributed by atoms with Crippen LogP contribution in [0.1, 0.15) is 28.3 Å². The SMILES string of the molecule is Cc1cc(C)nc(N2CC3CC2CN(C(=O)c2nccnc2OCC(F)(F)C(F)F)C3)n1. The van der Waals surface area contributed by atoms with E-state index in [2.05, 4.69) is 24.8 Å². The van der Waals surface area contributed by atoms with E-state index in [1.54, 1.807) is 4.90 Å². The van der Waals surface area contributed by atoms with Crippen molar-refractivity contribution < 1.29 is 27.1 Å². The first-order chi connectivity index (χ1) is 15.1. The molecule has 0 aromatic carbocycles. The molecule has 0 aliphatic carbocycles. The fourth-order valence-electron chi connectivity index (χ4n) is 4.16. The van der Waals surface area contributed by atoms with E-state index in [0.717, 1.165) is 24.0 Å². The second kappa shape index (κ2) is 8.47. The number of hydrogen-bond acceptors (Lipinski definition) is 7. The summed E-state index contributed by atoms with van der Waals surface area (Å²) in [6.07, 6.45) is -0.662. The second-order valence-electron chi connectivity index (χ2n) is 8.13. The maximum atomic E-state index is 13.3. The number of likely N-dealkylation sites (tertiary alicyclic amines) is 1. The molecule has 2 saturated heterocycles. The summed E-state index contributed by atoms with van der Waals surface area (Å²) in [5, 5.41) is 0. The van der Waals surface area contributed by atoms with Gasteiger partial charge >= 0.3 is 12.3 Å². The molecule has 0 N–H and O–H groups in total. The Kier molecular flexibility index (Phi) is 5.87. The summed E-state index contributed by atoms with van der Waals surface area (Å²) in [4.78, 5) is 33.5. The lowest BCUT2D eigenvalue weighted by atomic mass is 10.00. The number of anilines is 1. The molecule has 2 aromatic rings. The minimum Gasteiger partial charge on any atom is -0.469 e. The third-order valence-corrected chi connectivity index (χ3v) is 5.51. The Morgan fingerprint density at radius 2 is 1.84 bits per heavy atom. The van der Waals surface area contributed by atoms with E-state index < -0.39 is 30.7 Å². The number of aryl methyl sites for hydroxylation is 2. The molecule has 4 heterocycles. The predicted octanol–water partition coefficient (Wildman–Crippen LogP) is 2.51. The number of fused-ring (bicyclic) bond motifs is 2. The molecule has 172 valence electrons. The van der Waals surface area contributed by atoms with Crippen LogP contribution in [0.4, 0.5) is 23.5 Å². The van der Waals surface area contributed by atoms with E-state index in [1.807, 2.05) is 19.9 Å². The van der Waals surface area contributed by atoms with Crippen LogP contribution in [0.25, 0.3) is 0 Å². The minimum absolute atomic E-state index is 0.0110. The number of ether oxygens (including phenoxy) is 1. The first-order valence-electron chi connectivity index (χ1n) is 10.1. The van der Waals surface area contributed by atoms with Crippen LogP contribution in [0, 0.1) is 19.8 Å². The van der Waals surface area contributed by atoms with Gasteiger partial charge in [-0.1, -0.05) is 0 Å². The highest BCUT2D eigenvalue weighted by Gasteiger charge is 2.44. The zero-order valence-electron chi connectivity index (χ0n) is 17.5. The quantitative estimate of drug-likeness (QED) is 0.620. The monoisotopic (exact) mass is 454 g/mol. The fraction of sp³-hybridized carbons (Fsp3) is 0.550. The van der Waals surface area contributed by atoms with Crippen LogP contribution in [-0.2, 0) is 0 Å². The highest BCUT2D eigenvalue weighted by molar-refractivity contribution is 5.94. The summed E-state index contributed by atoms with van der Waals surface area (Å²) >= 11 is 0. The van der Waals surface area contributed by atoms with Gasteiger partial charge < -0.3 is 14.5 Å². The van der Waals surface area contributed by atoms with Crippen molar-refractivity contribution in [2.24, 2.45) is 5.92 Å². The van der Waals surface area contributed by atoms with Crippen LogP contribution >= 0.6 is 0 Å². The average molecular weight is 454 g/mol. The van der Waals surface area contributed by atoms with Crippen LogP contribution < -0.4 is 9.64 Å². The van der Waals surface area contributed by atoms with Crippen molar-refractivity contribution in [1.82, 2.24) is 24.8 Å². The minimum atomic E-state index is -4.37. The molecule has 8 nitrogen and oxygen atoms in total. The Labute approximate surface area is 181 Å². The topological polar surface area (TPSA) is 84.3 Å². The number of alkyl halides is 4. The molecule has 4 rings (SSSR count). The molecule has 32 heavy (non-hydrogen) atoms. The number of carbonyl (C=O) groups is 1. The molecular formula is C20H22F4N6O2. The largest absolute Gasteiger partial charge is 0.469 e. The molecular weight excluding hydrogens is 432 g/mol. The van der Waals surface area contributed by atoms with E-state index in [1.165, 1.54) is 6.20 Å². The highest BCUT2D eigenvalue weighted by Crippen LogP contribution is 2.33. The number of piperidine rings is 1. The van der Waals surface area contributed by atoms with Crippen molar-refractivity contribution in [2.45, 2.75) is 38.7 Å². The van der Waals surface area contributed by atoms with E-state index in [-0.39, 0.29) is 17.7 Å². The Morgan fingerprint density at radius 1 is 1.16 bits per heavy atom. The second-order valence-corrected chi connectivity index (χ2v) is 8.13. The van der Waals surface area contributed by atoms with Gasteiger partial charge in [-0.05, 0) is 32.3 Å². The first-order valence-corrected chi connectivity index (χ1v) is 10.1. The van der Waals surface area contributed by atoms with Gasteiger partial charge in [0.2, 0.25) is 11.8 Å². The van der Waals surface area contributed by atoms with Crippen LogP contribution in [-0.4, -0.2) is 75.4 Å². The van der Waals surface area contributed by atoms with Gasteiger partial charge in [-0.25, -0.2) is 28.7 Å². The lowest BCUT2D eigenvalue weighted by molar-refractivity contribution is -0.148. The van der Waals surface area contributed by atoms with Gasteiger partial charge in [-0.3, -0.25) is 4.79 Å². The maximum Gasteiger partial charge on any atom is 0.340 e. The van der Waals surface area contributed by atoms with E-state index in [4.69, 9.17) is 4.74 Å². The summed E-state index contributed by atoms with van der Waals surface area (Å²) in [6.45, 7) is 3.65. The van der Waals surface area contributed by atoms with Crippen LogP contribution in [0.15, 0.2) is 18.5 Å². The van der Waals surface area contributed by atoms with Gasteiger partial charge in [0.15, 0.2) is 12.3 Å². The fourth-order valence-corrected chi connectivity index (χ4v) is 4.16. The molecule has 2 fully saturated rings. The molecule has 0 spiro atoms. The van der Waals surface area contributed by atoms with Crippen molar-refractivity contribution in [3.05, 3.63) is 35.5 Å². The number of nitrogens with zero attached hydrogens (tertiary/aromatic N) is 6. The number of hydrogen-bond donors (Lipinski definition) is 0. The average Bonchev–Trinajstić information content (AvgIpc) is 3.04. The van der Waals surface area contributed by atoms with E-state index >= 15 is 0 Å². The molecule has 2 aliphatic rings. The molecule has 0 saturated carbocycles. The van der Waals surface area contributed by atoms with Crippen LogP contribution in [0.2, 0.25) is 0 Å². The van der Waals surface area contributed by atoms with E-state index in [0.29, 0.717) is 25.6 Å². The normalized spacial score (nSPS) is 20.7. The van der Waals surface area contributed by atoms with Gasteiger partial charge in [0.1, 0.15) is 0 Å². The van der Waals surface area contributed by atoms with Crippen molar-refractivity contribution in [3.8, 4) is 5.88 Å². The third-order valence-electron chi connectivity index (χ3n) is 5.51. The van der Waals surface area contributed by atoms with Gasteiger partial charge in [0, 0.05) is 49.5 Å². The van der Waals surface area contributed by atoms with Crippen molar-refractivity contribution >= 4 is 11.9 Å². The lowest BCUT2D eigenvalue weighted by Crippen LogP contribution is -2.46. The standard InChI is InChI=1S/C20H22F4N6O2/c1-11-5-12(2)28-19(27-11)30-8-13-6-14(30)9-29(7-13)17(31)15-16(26-4-3-25-15)32-10-20(23,24)18(21)22/h3-5,13-14,18H,6-10H2,1-2H3. The van der Waals surface area contributed by atoms with E-state index in [9.17, 15) is 22.4 Å². The lowest BCUT2D eigenvalue weighted by Gasteiger charge is -2.32. The summed E-state index contributed by atoms with van der Waals surface area (Å²) in [5.41, 5.74) is 1.42. The van der Waals surface area contributed by atoms with Crippen LogP contribution in [0.3, 0.4) is 0 Å². The number of aromatic nitrogens is 4. The zero-order chi connectivity index (χ0) is 23.0. The molecule has 2 unspecified atom stereocenters. The van der Waals surface area contributed by atoms with Gasteiger partial charge in [-0.2, -0.15) is 8.78 Å². The highest BCUT2D eigenvalue weighted by atomic mass is 19.3. The number of amides is 1. The Morgan fingerprint density at radius 3 is 2.53 bits per heavy atom. The van der Waals surface area contributed by atoms with Gasteiger partial charge in [0.25, 0.3) is 5.91 Å². The Hall–Kier alpha value is -3.05. The zero-order valence-corrected chi connectivity index (χ0v) is 17.5. The number of rotatable bonds is 6. The van der Waals surface area contributed by atoms with Crippen molar-refractivity contribution in [3.63, 3.8) is 0 Å². The Balaban J connectivity index is 1.50. The summed E-state index contributed by atoms with van der Waals surface area (Å²) < 4.78 is 56.1. The Bertz CT molecular complexity index is 988. The maximum absolute atomic E-state index is 13.3. The smallest absolute Gasteiger partial charge is 0.340 e. The molecule has 2 aliphatic heterocycles. The summed E-state index contributed by atoms with van der Waals surface area (Å²) in [7, 11) is 0. The first kappa shape index (κ1) is 22.2. The van der Waals surface area contributed by atoms with Gasteiger partial charge in [-0.15, -0.1) is 0 Å². The number of halogens is 4.